The summed E-state index contributed by atoms with van der Waals surface area (Å²) in [6, 6.07) is 5.88. The van der Waals surface area contributed by atoms with Gasteiger partial charge in [-0.1, -0.05) is 30.5 Å². The van der Waals surface area contributed by atoms with Gasteiger partial charge in [0.25, 0.3) is 0 Å². The van der Waals surface area contributed by atoms with Crippen molar-refractivity contribution in [1.82, 2.24) is 4.98 Å². The zero-order chi connectivity index (χ0) is 16.2. The number of carbonyl (C=O) groups is 2. The first-order valence-corrected chi connectivity index (χ1v) is 9.05. The molecule has 0 amide bonds. The molecule has 0 spiro atoms. The number of benzene rings is 1. The van der Waals surface area contributed by atoms with Crippen LogP contribution in [0.5, 0.6) is 0 Å². The fourth-order valence-corrected chi connectivity index (χ4v) is 3.91. The van der Waals surface area contributed by atoms with Crippen LogP contribution in [-0.4, -0.2) is 16.6 Å². The molecule has 0 saturated heterocycles. The van der Waals surface area contributed by atoms with Gasteiger partial charge in [-0.25, -0.2) is 4.98 Å². The lowest BCUT2D eigenvalue weighted by atomic mass is 9.90. The van der Waals surface area contributed by atoms with Crippen LogP contribution in [0, 0.1) is 12.8 Å². The van der Waals surface area contributed by atoms with Crippen LogP contribution in [-0.2, 0) is 17.6 Å². The average Bonchev–Trinajstić information content (AvgIpc) is 3.21. The van der Waals surface area contributed by atoms with E-state index in [1.165, 1.54) is 11.3 Å². The van der Waals surface area contributed by atoms with E-state index in [1.54, 1.807) is 6.20 Å². The first kappa shape index (κ1) is 16.1. The third-order valence-corrected chi connectivity index (χ3v) is 5.26. The van der Waals surface area contributed by atoms with Gasteiger partial charge in [-0.05, 0) is 31.4 Å². The molecule has 23 heavy (non-hydrogen) atoms. The molecule has 0 aliphatic heterocycles. The van der Waals surface area contributed by atoms with E-state index in [9.17, 15) is 9.59 Å². The fourth-order valence-electron chi connectivity index (χ4n) is 3.27. The predicted molar refractivity (Wildman–Crippen MR) is 92.0 cm³/mol. The zero-order valence-corrected chi connectivity index (χ0v) is 14.2. The zero-order valence-electron chi connectivity index (χ0n) is 13.4. The molecular formula is C19H21NO2S. The highest BCUT2D eigenvalue weighted by atomic mass is 32.1. The standard InChI is InChI=1S/C19H21NO2S/c1-13-6-7-15(11-16(21)12-18-20-8-9-23-18)17(10-13)19(22)14-4-2-3-5-14/h6-10,14H,2-5,11-12H2,1H3. The summed E-state index contributed by atoms with van der Waals surface area (Å²) in [4.78, 5) is 29.3. The summed E-state index contributed by atoms with van der Waals surface area (Å²) in [6.45, 7) is 1.99. The van der Waals surface area contributed by atoms with Crippen LogP contribution >= 0.6 is 11.3 Å². The van der Waals surface area contributed by atoms with Crippen molar-refractivity contribution in [1.29, 1.82) is 0 Å². The van der Waals surface area contributed by atoms with Crippen LogP contribution in [0.2, 0.25) is 0 Å². The number of carbonyl (C=O) groups excluding carboxylic acids is 2. The number of aromatic nitrogens is 1. The Morgan fingerprint density at radius 1 is 1.22 bits per heavy atom. The number of rotatable bonds is 6. The minimum absolute atomic E-state index is 0.115. The van der Waals surface area contributed by atoms with E-state index in [2.05, 4.69) is 4.98 Å². The molecule has 2 aromatic rings. The Bertz CT molecular complexity index is 700. The number of hydrogen-bond donors (Lipinski definition) is 0. The lowest BCUT2D eigenvalue weighted by molar-refractivity contribution is -0.117. The van der Waals surface area contributed by atoms with Gasteiger partial charge in [0.05, 0.1) is 11.4 Å². The van der Waals surface area contributed by atoms with Gasteiger partial charge >= 0.3 is 0 Å². The smallest absolute Gasteiger partial charge is 0.166 e. The van der Waals surface area contributed by atoms with Gasteiger partial charge in [0.15, 0.2) is 5.78 Å². The van der Waals surface area contributed by atoms with Crippen LogP contribution in [0.4, 0.5) is 0 Å². The van der Waals surface area contributed by atoms with E-state index in [0.29, 0.717) is 12.8 Å². The van der Waals surface area contributed by atoms with Crippen molar-refractivity contribution in [3.8, 4) is 0 Å². The number of Topliss-reactive ketones (excluding diaryl/α,β-unsaturated/α-hetero) is 2. The summed E-state index contributed by atoms with van der Waals surface area (Å²) in [5.74, 6) is 0.483. The van der Waals surface area contributed by atoms with Crippen molar-refractivity contribution in [3.63, 3.8) is 0 Å². The normalized spacial score (nSPS) is 15.0. The number of ketones is 2. The van der Waals surface area contributed by atoms with Crippen LogP contribution in [0.3, 0.4) is 0 Å². The molecule has 0 radical (unpaired) electrons. The largest absolute Gasteiger partial charge is 0.299 e. The number of hydrogen-bond acceptors (Lipinski definition) is 4. The van der Waals surface area contributed by atoms with E-state index < -0.39 is 0 Å². The average molecular weight is 327 g/mol. The first-order valence-electron chi connectivity index (χ1n) is 8.17. The van der Waals surface area contributed by atoms with Gasteiger partial charge in [0.2, 0.25) is 0 Å². The second-order valence-electron chi connectivity index (χ2n) is 6.32. The van der Waals surface area contributed by atoms with Crippen LogP contribution in [0.25, 0.3) is 0 Å². The van der Waals surface area contributed by atoms with Crippen molar-refractivity contribution in [2.45, 2.75) is 45.4 Å². The summed E-state index contributed by atoms with van der Waals surface area (Å²) in [6.07, 6.45) is 6.63. The van der Waals surface area contributed by atoms with Crippen molar-refractivity contribution < 1.29 is 9.59 Å². The maximum Gasteiger partial charge on any atom is 0.166 e. The van der Waals surface area contributed by atoms with Gasteiger partial charge < -0.3 is 0 Å². The van der Waals surface area contributed by atoms with Crippen molar-refractivity contribution in [2.24, 2.45) is 5.92 Å². The molecule has 1 saturated carbocycles. The fraction of sp³-hybridized carbons (Fsp3) is 0.421. The quantitative estimate of drug-likeness (QED) is 0.748. The molecule has 3 nitrogen and oxygen atoms in total. The Morgan fingerprint density at radius 2 is 2.00 bits per heavy atom. The molecule has 1 fully saturated rings. The Morgan fingerprint density at radius 3 is 2.70 bits per heavy atom. The van der Waals surface area contributed by atoms with Gasteiger partial charge in [0, 0.05) is 29.5 Å². The number of thiazole rings is 1. The predicted octanol–water partition coefficient (Wildman–Crippen LogP) is 4.18. The summed E-state index contributed by atoms with van der Waals surface area (Å²) < 4.78 is 0. The molecule has 1 aromatic carbocycles. The highest BCUT2D eigenvalue weighted by molar-refractivity contribution is 7.09. The van der Waals surface area contributed by atoms with E-state index in [4.69, 9.17) is 0 Å². The topological polar surface area (TPSA) is 47.0 Å². The van der Waals surface area contributed by atoms with E-state index >= 15 is 0 Å². The summed E-state index contributed by atoms with van der Waals surface area (Å²) in [7, 11) is 0. The van der Waals surface area contributed by atoms with Gasteiger partial charge in [-0.3, -0.25) is 9.59 Å². The van der Waals surface area contributed by atoms with Crippen LogP contribution < -0.4 is 0 Å². The van der Waals surface area contributed by atoms with Crippen LogP contribution in [0.15, 0.2) is 29.8 Å². The molecule has 1 aliphatic rings. The minimum Gasteiger partial charge on any atom is -0.299 e. The molecule has 120 valence electrons. The maximum atomic E-state index is 12.8. The molecule has 0 bridgehead atoms. The van der Waals surface area contributed by atoms with Crippen LogP contribution in [0.1, 0.15) is 52.2 Å². The molecule has 3 rings (SSSR count). The molecule has 0 unspecified atom stereocenters. The number of aryl methyl sites for hydroxylation is 1. The van der Waals surface area contributed by atoms with E-state index in [1.807, 2.05) is 30.5 Å². The maximum absolute atomic E-state index is 12.8. The lowest BCUT2D eigenvalue weighted by Crippen LogP contribution is -2.16. The molecule has 1 heterocycles. The van der Waals surface area contributed by atoms with Gasteiger partial charge in [-0.2, -0.15) is 0 Å². The molecule has 1 aromatic heterocycles. The van der Waals surface area contributed by atoms with Gasteiger partial charge in [-0.15, -0.1) is 11.3 Å². The first-order chi connectivity index (χ1) is 11.1. The van der Waals surface area contributed by atoms with Crippen molar-refractivity contribution in [2.75, 3.05) is 0 Å². The third-order valence-electron chi connectivity index (χ3n) is 4.48. The molecular weight excluding hydrogens is 306 g/mol. The van der Waals surface area contributed by atoms with E-state index in [-0.39, 0.29) is 17.5 Å². The highest BCUT2D eigenvalue weighted by Crippen LogP contribution is 2.29. The molecule has 1 aliphatic carbocycles. The lowest BCUT2D eigenvalue weighted by Gasteiger charge is -2.13. The Kier molecular flexibility index (Phi) is 5.01. The Balaban J connectivity index is 1.78. The Hall–Kier alpha value is -1.81. The summed E-state index contributed by atoms with van der Waals surface area (Å²) in [5, 5.41) is 2.72. The third kappa shape index (κ3) is 3.94. The minimum atomic E-state index is 0.115. The van der Waals surface area contributed by atoms with Crippen molar-refractivity contribution in [3.05, 3.63) is 51.5 Å². The monoisotopic (exact) mass is 327 g/mol. The van der Waals surface area contributed by atoms with Gasteiger partial charge in [0.1, 0.15) is 5.78 Å². The second kappa shape index (κ2) is 7.18. The molecule has 0 atom stereocenters. The molecule has 4 heteroatoms. The second-order valence-corrected chi connectivity index (χ2v) is 7.30. The number of nitrogens with zero attached hydrogens (tertiary/aromatic N) is 1. The molecule has 0 N–H and O–H groups in total. The summed E-state index contributed by atoms with van der Waals surface area (Å²) >= 11 is 1.50. The Labute approximate surface area is 140 Å². The SMILES string of the molecule is Cc1ccc(CC(=O)Cc2nccs2)c(C(=O)C2CCCC2)c1. The van der Waals surface area contributed by atoms with Crippen molar-refractivity contribution >= 4 is 22.9 Å². The summed E-state index contributed by atoms with van der Waals surface area (Å²) in [5.41, 5.74) is 2.70. The van der Waals surface area contributed by atoms with E-state index in [0.717, 1.165) is 47.4 Å². The highest BCUT2D eigenvalue weighted by Gasteiger charge is 2.26.